The number of hydrogen-bond donors (Lipinski definition) is 0. The van der Waals surface area contributed by atoms with Gasteiger partial charge < -0.3 is 9.80 Å². The molecule has 0 spiro atoms. The molecule has 3 heterocycles. The lowest BCUT2D eigenvalue weighted by molar-refractivity contribution is -0.132. The summed E-state index contributed by atoms with van der Waals surface area (Å²) in [6.07, 6.45) is 3.64. The number of carbonyl (C=O) groups is 1. The highest BCUT2D eigenvalue weighted by molar-refractivity contribution is 7.98. The molecular formula is C17H21ClF2N6OS. The molecule has 28 heavy (non-hydrogen) atoms. The molecule has 1 aliphatic rings. The summed E-state index contributed by atoms with van der Waals surface area (Å²) in [4.78, 5) is 25.1. The number of alkyl halides is 2. The second-order valence-electron chi connectivity index (χ2n) is 6.56. The van der Waals surface area contributed by atoms with Crippen molar-refractivity contribution >= 4 is 35.1 Å². The van der Waals surface area contributed by atoms with Gasteiger partial charge in [0.2, 0.25) is 5.91 Å². The van der Waals surface area contributed by atoms with Gasteiger partial charge in [0.15, 0.2) is 5.16 Å². The van der Waals surface area contributed by atoms with E-state index in [1.807, 2.05) is 12.3 Å². The van der Waals surface area contributed by atoms with Gasteiger partial charge in [-0.1, -0.05) is 23.4 Å². The summed E-state index contributed by atoms with van der Waals surface area (Å²) in [5.41, 5.74) is -0.145. The fraction of sp³-hybridized carbons (Fsp3) is 0.529. The Morgan fingerprint density at radius 2 is 2.00 bits per heavy atom. The summed E-state index contributed by atoms with van der Waals surface area (Å²) >= 11 is 7.44. The molecule has 2 aromatic rings. The maximum absolute atomic E-state index is 13.6. The summed E-state index contributed by atoms with van der Waals surface area (Å²) in [7, 11) is 0. The summed E-state index contributed by atoms with van der Waals surface area (Å²) < 4.78 is 28.4. The number of piperazine rings is 1. The van der Waals surface area contributed by atoms with Crippen molar-refractivity contribution in [2.45, 2.75) is 31.5 Å². The van der Waals surface area contributed by atoms with Gasteiger partial charge in [0.05, 0.1) is 10.7 Å². The first kappa shape index (κ1) is 20.8. The van der Waals surface area contributed by atoms with E-state index in [0.29, 0.717) is 37.0 Å². The number of amides is 1. The van der Waals surface area contributed by atoms with E-state index in [-0.39, 0.29) is 17.5 Å². The average molecular weight is 431 g/mol. The fourth-order valence-electron chi connectivity index (χ4n) is 2.98. The van der Waals surface area contributed by atoms with Crippen molar-refractivity contribution in [1.29, 1.82) is 0 Å². The molecule has 0 bridgehead atoms. The molecule has 1 saturated heterocycles. The number of rotatable bonds is 5. The van der Waals surface area contributed by atoms with Crippen molar-refractivity contribution in [3.05, 3.63) is 28.7 Å². The Labute approximate surface area is 171 Å². The van der Waals surface area contributed by atoms with Crippen LogP contribution in [0.4, 0.5) is 14.6 Å². The predicted molar refractivity (Wildman–Crippen MR) is 104 cm³/mol. The van der Waals surface area contributed by atoms with Crippen LogP contribution in [0, 0.1) is 6.92 Å². The number of nitrogens with zero attached hydrogens (tertiary/aromatic N) is 6. The van der Waals surface area contributed by atoms with Crippen LogP contribution in [0.1, 0.15) is 18.3 Å². The van der Waals surface area contributed by atoms with Crippen molar-refractivity contribution < 1.29 is 13.6 Å². The molecule has 1 fully saturated rings. The molecule has 3 rings (SSSR count). The van der Waals surface area contributed by atoms with Gasteiger partial charge in [-0.15, -0.1) is 0 Å². The van der Waals surface area contributed by atoms with Crippen LogP contribution in [0.15, 0.2) is 17.4 Å². The minimum absolute atomic E-state index is 0.0986. The molecule has 0 N–H and O–H groups in total. The van der Waals surface area contributed by atoms with Crippen molar-refractivity contribution in [3.8, 4) is 0 Å². The van der Waals surface area contributed by atoms with E-state index in [9.17, 15) is 13.6 Å². The van der Waals surface area contributed by atoms with Crippen LogP contribution >= 0.6 is 23.4 Å². The van der Waals surface area contributed by atoms with E-state index in [2.05, 4.69) is 20.0 Å². The number of aromatic nitrogens is 4. The van der Waals surface area contributed by atoms with Crippen molar-refractivity contribution in [3.63, 3.8) is 0 Å². The van der Waals surface area contributed by atoms with Crippen molar-refractivity contribution in [2.75, 3.05) is 37.3 Å². The third-order valence-corrected chi connectivity index (χ3v) is 5.61. The van der Waals surface area contributed by atoms with Gasteiger partial charge in [-0.3, -0.25) is 9.48 Å². The van der Waals surface area contributed by atoms with Gasteiger partial charge in [0.25, 0.3) is 5.92 Å². The summed E-state index contributed by atoms with van der Waals surface area (Å²) in [5, 5.41) is 4.46. The highest BCUT2D eigenvalue weighted by Crippen LogP contribution is 2.33. The summed E-state index contributed by atoms with van der Waals surface area (Å²) in [6.45, 7) is 4.49. The van der Waals surface area contributed by atoms with E-state index >= 15 is 0 Å². The Hall–Kier alpha value is -1.94. The number of hydrogen-bond acceptors (Lipinski definition) is 6. The van der Waals surface area contributed by atoms with Crippen LogP contribution in [-0.4, -0.2) is 63.0 Å². The first-order chi connectivity index (χ1) is 13.2. The van der Waals surface area contributed by atoms with E-state index in [1.54, 1.807) is 18.0 Å². The SMILES string of the molecule is CSc1nccc(N2CCN(C(=O)Cn3nc(C(C)(F)F)c(Cl)c3C)CC2)n1. The van der Waals surface area contributed by atoms with Crippen LogP contribution in [0.5, 0.6) is 0 Å². The van der Waals surface area contributed by atoms with Gasteiger partial charge in [-0.05, 0) is 19.2 Å². The normalized spacial score (nSPS) is 15.2. The van der Waals surface area contributed by atoms with Gasteiger partial charge in [0.1, 0.15) is 18.1 Å². The van der Waals surface area contributed by atoms with E-state index in [1.165, 1.54) is 16.4 Å². The van der Waals surface area contributed by atoms with Gasteiger partial charge in [0, 0.05) is 39.3 Å². The molecular weight excluding hydrogens is 410 g/mol. The zero-order valence-electron chi connectivity index (χ0n) is 15.8. The molecule has 0 radical (unpaired) electrons. The standard InChI is InChI=1S/C17H21ClF2N6OS/c1-11-14(18)15(17(2,19)20)23-26(11)10-13(27)25-8-6-24(7-9-25)12-4-5-21-16(22-12)28-3/h4-5H,6-10H2,1-3H3. The van der Waals surface area contributed by atoms with Gasteiger partial charge in [-0.2, -0.15) is 13.9 Å². The molecule has 11 heteroatoms. The quantitative estimate of drug-likeness (QED) is 0.536. The zero-order chi connectivity index (χ0) is 20.5. The maximum atomic E-state index is 13.6. The van der Waals surface area contributed by atoms with Crippen molar-refractivity contribution in [2.24, 2.45) is 0 Å². The van der Waals surface area contributed by atoms with Crippen molar-refractivity contribution in [1.82, 2.24) is 24.6 Å². The smallest absolute Gasteiger partial charge is 0.290 e. The van der Waals surface area contributed by atoms with E-state index < -0.39 is 11.6 Å². The number of halogens is 3. The number of anilines is 1. The first-order valence-electron chi connectivity index (χ1n) is 8.71. The topological polar surface area (TPSA) is 67.2 Å². The Bertz CT molecular complexity index is 864. The highest BCUT2D eigenvalue weighted by Gasteiger charge is 2.33. The third kappa shape index (κ3) is 4.38. The molecule has 0 saturated carbocycles. The lowest BCUT2D eigenvalue weighted by Gasteiger charge is -2.35. The molecule has 7 nitrogen and oxygen atoms in total. The Kier molecular flexibility index (Phi) is 6.09. The van der Waals surface area contributed by atoms with Gasteiger partial charge >= 0.3 is 0 Å². The maximum Gasteiger partial charge on any atom is 0.290 e. The molecule has 2 aromatic heterocycles. The van der Waals surface area contributed by atoms with Gasteiger partial charge in [-0.25, -0.2) is 9.97 Å². The van der Waals surface area contributed by atoms with E-state index in [4.69, 9.17) is 11.6 Å². The third-order valence-electron chi connectivity index (χ3n) is 4.59. The second kappa shape index (κ2) is 8.20. The fourth-order valence-corrected chi connectivity index (χ4v) is 3.63. The average Bonchev–Trinajstić information content (AvgIpc) is 2.97. The van der Waals surface area contributed by atoms with Crippen LogP contribution in [0.25, 0.3) is 0 Å². The van der Waals surface area contributed by atoms with Crippen LogP contribution in [-0.2, 0) is 17.3 Å². The van der Waals surface area contributed by atoms with E-state index in [0.717, 1.165) is 12.7 Å². The van der Waals surface area contributed by atoms with Crippen LogP contribution < -0.4 is 4.90 Å². The molecule has 0 aliphatic carbocycles. The minimum atomic E-state index is -3.16. The zero-order valence-corrected chi connectivity index (χ0v) is 17.4. The minimum Gasteiger partial charge on any atom is -0.353 e. The summed E-state index contributed by atoms with van der Waals surface area (Å²) in [5.74, 6) is -2.51. The monoisotopic (exact) mass is 430 g/mol. The Morgan fingerprint density at radius 1 is 1.32 bits per heavy atom. The van der Waals surface area contributed by atoms with Crippen LogP contribution in [0.3, 0.4) is 0 Å². The molecule has 0 aromatic carbocycles. The predicted octanol–water partition coefficient (Wildman–Crippen LogP) is 2.82. The first-order valence-corrected chi connectivity index (χ1v) is 10.3. The molecule has 0 atom stereocenters. The largest absolute Gasteiger partial charge is 0.353 e. The molecule has 1 aliphatic heterocycles. The van der Waals surface area contributed by atoms with Crippen LogP contribution in [0.2, 0.25) is 5.02 Å². The second-order valence-corrected chi connectivity index (χ2v) is 7.71. The molecule has 152 valence electrons. The highest BCUT2D eigenvalue weighted by atomic mass is 35.5. The lowest BCUT2D eigenvalue weighted by atomic mass is 10.2. The summed E-state index contributed by atoms with van der Waals surface area (Å²) in [6, 6.07) is 1.85. The Balaban J connectivity index is 1.63. The number of thioether (sulfide) groups is 1. The molecule has 0 unspecified atom stereocenters. The molecule has 1 amide bonds. The Morgan fingerprint density at radius 3 is 2.57 bits per heavy atom. The lowest BCUT2D eigenvalue weighted by Crippen LogP contribution is -2.50. The number of carbonyl (C=O) groups excluding carboxylic acids is 1.